The van der Waals surface area contributed by atoms with Crippen molar-refractivity contribution in [3.8, 4) is 0 Å². The Kier molecular flexibility index (Phi) is 6.56. The summed E-state index contributed by atoms with van der Waals surface area (Å²) in [6.45, 7) is 2.18. The molecule has 2 unspecified atom stereocenters. The van der Waals surface area contributed by atoms with E-state index in [4.69, 9.17) is 11.6 Å². The first-order valence-electron chi connectivity index (χ1n) is 8.63. The number of aromatic nitrogens is 1. The van der Waals surface area contributed by atoms with E-state index in [1.165, 1.54) is 6.20 Å². The van der Waals surface area contributed by atoms with Crippen molar-refractivity contribution in [2.45, 2.75) is 25.3 Å². The summed E-state index contributed by atoms with van der Waals surface area (Å²) in [7, 11) is 0. The van der Waals surface area contributed by atoms with Crippen LogP contribution in [0.5, 0.6) is 0 Å². The fraction of sp³-hybridized carbons (Fsp3) is 0.588. The Labute approximate surface area is 157 Å². The van der Waals surface area contributed by atoms with E-state index in [0.29, 0.717) is 23.8 Å². The van der Waals surface area contributed by atoms with Crippen LogP contribution in [0.15, 0.2) is 18.3 Å². The van der Waals surface area contributed by atoms with Crippen LogP contribution in [0.1, 0.15) is 19.3 Å². The zero-order chi connectivity index (χ0) is 17.6. The minimum absolute atomic E-state index is 0.0846. The summed E-state index contributed by atoms with van der Waals surface area (Å²) < 4.78 is 0. The molecule has 2 aliphatic rings. The number of anilines is 1. The zero-order valence-electron chi connectivity index (χ0n) is 14.0. The van der Waals surface area contributed by atoms with Crippen molar-refractivity contribution in [2.24, 2.45) is 5.92 Å². The molecule has 0 spiro atoms. The maximum Gasteiger partial charge on any atom is 0.230 e. The number of nitrogens with one attached hydrogen (secondary N) is 2. The monoisotopic (exact) mass is 382 g/mol. The van der Waals surface area contributed by atoms with E-state index >= 15 is 0 Å². The zero-order valence-corrected chi connectivity index (χ0v) is 15.6. The van der Waals surface area contributed by atoms with E-state index in [2.05, 4.69) is 15.6 Å². The van der Waals surface area contributed by atoms with Gasteiger partial charge in [-0.2, -0.15) is 11.8 Å². The van der Waals surface area contributed by atoms with E-state index in [-0.39, 0.29) is 23.8 Å². The Balaban J connectivity index is 1.52. The van der Waals surface area contributed by atoms with Crippen molar-refractivity contribution in [1.29, 1.82) is 0 Å². The number of carbonyl (C=O) groups is 2. The average Bonchev–Trinajstić information content (AvgIpc) is 2.64. The second kappa shape index (κ2) is 8.87. The number of piperidine rings is 1. The van der Waals surface area contributed by atoms with E-state index < -0.39 is 0 Å². The standard InChI is InChI=1S/C17H23ClN4O2S/c18-13-3-4-15(20-9-13)21-17(24)12-2-1-6-22(10-12)16(23)8-14-11-25-7-5-19-14/h3-4,9,12,14,19H,1-2,5-8,10-11H2,(H,20,21,24). The van der Waals surface area contributed by atoms with Crippen LogP contribution in [0, 0.1) is 5.92 Å². The summed E-state index contributed by atoms with van der Waals surface area (Å²) in [6.07, 6.45) is 3.66. The molecule has 136 valence electrons. The van der Waals surface area contributed by atoms with Gasteiger partial charge in [0.2, 0.25) is 11.8 Å². The minimum atomic E-state index is -0.191. The van der Waals surface area contributed by atoms with Crippen LogP contribution in [0.3, 0.4) is 0 Å². The molecule has 3 heterocycles. The van der Waals surface area contributed by atoms with Gasteiger partial charge in [-0.15, -0.1) is 0 Å². The molecule has 2 amide bonds. The largest absolute Gasteiger partial charge is 0.342 e. The lowest BCUT2D eigenvalue weighted by atomic mass is 9.96. The molecule has 1 aromatic heterocycles. The van der Waals surface area contributed by atoms with Gasteiger partial charge >= 0.3 is 0 Å². The predicted octanol–water partition coefficient (Wildman–Crippen LogP) is 2.01. The quantitative estimate of drug-likeness (QED) is 0.833. The van der Waals surface area contributed by atoms with Gasteiger partial charge in [0.15, 0.2) is 0 Å². The summed E-state index contributed by atoms with van der Waals surface area (Å²) in [4.78, 5) is 30.9. The average molecular weight is 383 g/mol. The summed E-state index contributed by atoms with van der Waals surface area (Å²) in [5.41, 5.74) is 0. The van der Waals surface area contributed by atoms with Gasteiger partial charge in [-0.1, -0.05) is 11.6 Å². The normalized spacial score (nSPS) is 24.0. The van der Waals surface area contributed by atoms with E-state index in [1.807, 2.05) is 16.7 Å². The van der Waals surface area contributed by atoms with Crippen LogP contribution in [-0.2, 0) is 9.59 Å². The predicted molar refractivity (Wildman–Crippen MR) is 101 cm³/mol. The van der Waals surface area contributed by atoms with Gasteiger partial charge in [0.1, 0.15) is 5.82 Å². The summed E-state index contributed by atoms with van der Waals surface area (Å²) >= 11 is 7.69. The third-order valence-electron chi connectivity index (χ3n) is 4.54. The number of likely N-dealkylation sites (tertiary alicyclic amines) is 1. The van der Waals surface area contributed by atoms with Gasteiger partial charge in [-0.3, -0.25) is 9.59 Å². The molecule has 0 bridgehead atoms. The first-order chi connectivity index (χ1) is 12.1. The SMILES string of the molecule is O=C(Nc1ccc(Cl)cn1)C1CCCN(C(=O)CC2CSCCN2)C1. The molecule has 25 heavy (non-hydrogen) atoms. The Bertz CT molecular complexity index is 607. The maximum atomic E-state index is 12.5. The molecule has 0 aromatic carbocycles. The van der Waals surface area contributed by atoms with E-state index in [9.17, 15) is 9.59 Å². The number of amides is 2. The second-order valence-electron chi connectivity index (χ2n) is 6.46. The molecular formula is C17H23ClN4O2S. The fourth-order valence-electron chi connectivity index (χ4n) is 3.19. The highest BCUT2D eigenvalue weighted by molar-refractivity contribution is 7.99. The summed E-state index contributed by atoms with van der Waals surface area (Å²) in [6, 6.07) is 3.62. The van der Waals surface area contributed by atoms with Crippen LogP contribution < -0.4 is 10.6 Å². The number of rotatable bonds is 4. The molecule has 2 aliphatic heterocycles. The molecule has 2 N–H and O–H groups in total. The molecule has 0 aliphatic carbocycles. The van der Waals surface area contributed by atoms with E-state index in [1.54, 1.807) is 12.1 Å². The fourth-order valence-corrected chi connectivity index (χ4v) is 4.25. The highest BCUT2D eigenvalue weighted by Gasteiger charge is 2.29. The Hall–Kier alpha value is -1.31. The van der Waals surface area contributed by atoms with Crippen LogP contribution in [0.25, 0.3) is 0 Å². The van der Waals surface area contributed by atoms with Crippen molar-refractivity contribution in [2.75, 3.05) is 36.5 Å². The second-order valence-corrected chi connectivity index (χ2v) is 8.05. The molecule has 0 radical (unpaired) electrons. The van der Waals surface area contributed by atoms with Crippen LogP contribution >= 0.6 is 23.4 Å². The lowest BCUT2D eigenvalue weighted by Gasteiger charge is -2.33. The van der Waals surface area contributed by atoms with Crippen LogP contribution in [0.4, 0.5) is 5.82 Å². The Morgan fingerprint density at radius 2 is 2.32 bits per heavy atom. The lowest BCUT2D eigenvalue weighted by molar-refractivity contribution is -0.135. The molecule has 2 atom stereocenters. The first-order valence-corrected chi connectivity index (χ1v) is 10.2. The third kappa shape index (κ3) is 5.33. The summed E-state index contributed by atoms with van der Waals surface area (Å²) in [5, 5.41) is 6.74. The van der Waals surface area contributed by atoms with Crippen LogP contribution in [-0.4, -0.2) is 58.9 Å². The Morgan fingerprint density at radius 3 is 3.04 bits per heavy atom. The van der Waals surface area contributed by atoms with Gasteiger partial charge in [0, 0.05) is 49.8 Å². The number of pyridine rings is 1. The molecular weight excluding hydrogens is 360 g/mol. The molecule has 3 rings (SSSR count). The highest BCUT2D eigenvalue weighted by Crippen LogP contribution is 2.20. The van der Waals surface area contributed by atoms with E-state index in [0.717, 1.165) is 37.4 Å². The van der Waals surface area contributed by atoms with Gasteiger partial charge in [-0.05, 0) is 25.0 Å². The van der Waals surface area contributed by atoms with Gasteiger partial charge in [0.05, 0.1) is 10.9 Å². The maximum absolute atomic E-state index is 12.5. The van der Waals surface area contributed by atoms with Crippen LogP contribution in [0.2, 0.25) is 5.02 Å². The molecule has 1 aromatic rings. The first kappa shape index (κ1) is 18.5. The third-order valence-corrected chi connectivity index (χ3v) is 5.90. The smallest absolute Gasteiger partial charge is 0.230 e. The molecule has 0 saturated carbocycles. The number of carbonyl (C=O) groups excluding carboxylic acids is 2. The number of hydrogen-bond acceptors (Lipinski definition) is 5. The van der Waals surface area contributed by atoms with Crippen molar-refractivity contribution in [1.82, 2.24) is 15.2 Å². The van der Waals surface area contributed by atoms with Gasteiger partial charge in [-0.25, -0.2) is 4.98 Å². The topological polar surface area (TPSA) is 74.3 Å². The molecule has 8 heteroatoms. The van der Waals surface area contributed by atoms with Crippen molar-refractivity contribution in [3.05, 3.63) is 23.4 Å². The molecule has 2 saturated heterocycles. The van der Waals surface area contributed by atoms with Gasteiger partial charge < -0.3 is 15.5 Å². The summed E-state index contributed by atoms with van der Waals surface area (Å²) in [5.74, 6) is 2.44. The van der Waals surface area contributed by atoms with Crippen molar-refractivity contribution >= 4 is 41.0 Å². The minimum Gasteiger partial charge on any atom is -0.342 e. The van der Waals surface area contributed by atoms with Crippen molar-refractivity contribution in [3.63, 3.8) is 0 Å². The molecule has 6 nitrogen and oxygen atoms in total. The number of nitrogens with zero attached hydrogens (tertiary/aromatic N) is 2. The number of hydrogen-bond donors (Lipinski definition) is 2. The molecule has 2 fully saturated rings. The highest BCUT2D eigenvalue weighted by atomic mass is 35.5. The Morgan fingerprint density at radius 1 is 1.44 bits per heavy atom. The number of thioether (sulfide) groups is 1. The van der Waals surface area contributed by atoms with Gasteiger partial charge in [0.25, 0.3) is 0 Å². The number of halogens is 1. The lowest BCUT2D eigenvalue weighted by Crippen LogP contribution is -2.47. The van der Waals surface area contributed by atoms with Crippen molar-refractivity contribution < 1.29 is 9.59 Å².